The van der Waals surface area contributed by atoms with Gasteiger partial charge in [-0.05, 0) is 18.4 Å². The monoisotopic (exact) mass is 328 g/mol. The van der Waals surface area contributed by atoms with Crippen LogP contribution in [0.1, 0.15) is 21.1 Å². The van der Waals surface area contributed by atoms with Crippen molar-refractivity contribution >= 4 is 22.7 Å². The van der Waals surface area contributed by atoms with Crippen LogP contribution in [-0.4, -0.2) is 26.4 Å². The summed E-state index contributed by atoms with van der Waals surface area (Å²) >= 11 is 3.47. The Morgan fingerprint density at radius 1 is 1.27 bits per heavy atom. The molecule has 22 heavy (non-hydrogen) atoms. The Bertz CT molecular complexity index is 779. The molecule has 0 atom stereocenters. The Morgan fingerprint density at radius 2 is 2.23 bits per heavy atom. The average Bonchev–Trinajstić information content (AvgIpc) is 3.19. The van der Waals surface area contributed by atoms with Crippen molar-refractivity contribution in [1.29, 1.82) is 0 Å². The standard InChI is InChI=1S/C16H16N4S2/c1-11-7-17-15(22-11)10-20-5-4-13-12(9-20)8-18-16(19-13)14-3-2-6-21-14/h2-3,6-8H,4-5,9-10H2,1H3. The highest BCUT2D eigenvalue weighted by atomic mass is 32.1. The van der Waals surface area contributed by atoms with Crippen LogP contribution >= 0.6 is 22.7 Å². The molecule has 0 aliphatic carbocycles. The van der Waals surface area contributed by atoms with Gasteiger partial charge < -0.3 is 0 Å². The third-order valence-electron chi connectivity index (χ3n) is 3.78. The fourth-order valence-corrected chi connectivity index (χ4v) is 4.19. The lowest BCUT2D eigenvalue weighted by Gasteiger charge is -2.27. The van der Waals surface area contributed by atoms with E-state index in [0.717, 1.165) is 36.8 Å². The van der Waals surface area contributed by atoms with Gasteiger partial charge in [-0.25, -0.2) is 15.0 Å². The SMILES string of the molecule is Cc1cnc(CN2CCc3nc(-c4cccs4)ncc3C2)s1. The fraction of sp³-hybridized carbons (Fsp3) is 0.312. The number of hydrogen-bond acceptors (Lipinski definition) is 6. The van der Waals surface area contributed by atoms with Crippen molar-refractivity contribution in [3.63, 3.8) is 0 Å². The molecule has 0 spiro atoms. The predicted octanol–water partition coefficient (Wildman–Crippen LogP) is 3.53. The molecule has 1 aliphatic rings. The van der Waals surface area contributed by atoms with E-state index in [1.807, 2.05) is 18.5 Å². The summed E-state index contributed by atoms with van der Waals surface area (Å²) in [7, 11) is 0. The van der Waals surface area contributed by atoms with Crippen LogP contribution < -0.4 is 0 Å². The van der Waals surface area contributed by atoms with Gasteiger partial charge in [0.2, 0.25) is 0 Å². The Kier molecular flexibility index (Phi) is 3.73. The molecule has 0 unspecified atom stereocenters. The van der Waals surface area contributed by atoms with Crippen molar-refractivity contribution in [2.24, 2.45) is 0 Å². The van der Waals surface area contributed by atoms with E-state index in [4.69, 9.17) is 4.98 Å². The summed E-state index contributed by atoms with van der Waals surface area (Å²) in [5.41, 5.74) is 2.45. The minimum absolute atomic E-state index is 0.859. The van der Waals surface area contributed by atoms with Gasteiger partial charge in [-0.2, -0.15) is 0 Å². The maximum Gasteiger partial charge on any atom is 0.169 e. The first-order chi connectivity index (χ1) is 10.8. The molecule has 0 amide bonds. The number of fused-ring (bicyclic) bond motifs is 1. The van der Waals surface area contributed by atoms with Crippen molar-refractivity contribution in [1.82, 2.24) is 19.9 Å². The molecule has 4 heterocycles. The number of aromatic nitrogens is 3. The molecular weight excluding hydrogens is 312 g/mol. The minimum Gasteiger partial charge on any atom is -0.292 e. The van der Waals surface area contributed by atoms with E-state index in [9.17, 15) is 0 Å². The number of hydrogen-bond donors (Lipinski definition) is 0. The van der Waals surface area contributed by atoms with Gasteiger partial charge in [-0.3, -0.25) is 4.90 Å². The van der Waals surface area contributed by atoms with E-state index in [1.165, 1.54) is 21.1 Å². The summed E-state index contributed by atoms with van der Waals surface area (Å²) < 4.78 is 0. The molecule has 0 saturated heterocycles. The normalized spacial score (nSPS) is 15.0. The molecule has 0 N–H and O–H groups in total. The third kappa shape index (κ3) is 2.82. The lowest BCUT2D eigenvalue weighted by atomic mass is 10.1. The topological polar surface area (TPSA) is 41.9 Å². The van der Waals surface area contributed by atoms with Crippen LogP contribution in [0, 0.1) is 6.92 Å². The molecule has 4 rings (SSSR count). The second kappa shape index (κ2) is 5.87. The van der Waals surface area contributed by atoms with Crippen LogP contribution in [0.25, 0.3) is 10.7 Å². The lowest BCUT2D eigenvalue weighted by molar-refractivity contribution is 0.242. The number of aryl methyl sites for hydroxylation is 1. The maximum atomic E-state index is 4.76. The summed E-state index contributed by atoms with van der Waals surface area (Å²) in [6, 6.07) is 4.12. The molecule has 3 aromatic rings. The molecule has 4 nitrogen and oxygen atoms in total. The van der Waals surface area contributed by atoms with E-state index in [-0.39, 0.29) is 0 Å². The number of rotatable bonds is 3. The first kappa shape index (κ1) is 14.0. The second-order valence-corrected chi connectivity index (χ2v) is 7.74. The van der Waals surface area contributed by atoms with Gasteiger partial charge in [-0.15, -0.1) is 22.7 Å². The Balaban J connectivity index is 1.52. The highest BCUT2D eigenvalue weighted by Crippen LogP contribution is 2.25. The van der Waals surface area contributed by atoms with Crippen molar-refractivity contribution in [2.45, 2.75) is 26.4 Å². The van der Waals surface area contributed by atoms with Crippen molar-refractivity contribution in [3.8, 4) is 10.7 Å². The first-order valence-electron chi connectivity index (χ1n) is 7.30. The van der Waals surface area contributed by atoms with Crippen LogP contribution in [0.3, 0.4) is 0 Å². The van der Waals surface area contributed by atoms with E-state index in [0.29, 0.717) is 0 Å². The van der Waals surface area contributed by atoms with Gasteiger partial charge in [0.15, 0.2) is 5.82 Å². The zero-order chi connectivity index (χ0) is 14.9. The highest BCUT2D eigenvalue weighted by Gasteiger charge is 2.19. The van der Waals surface area contributed by atoms with Gasteiger partial charge in [0.1, 0.15) is 5.01 Å². The Labute approximate surface area is 137 Å². The van der Waals surface area contributed by atoms with Crippen molar-refractivity contribution < 1.29 is 0 Å². The predicted molar refractivity (Wildman–Crippen MR) is 90.0 cm³/mol. The number of thiazole rings is 1. The summed E-state index contributed by atoms with van der Waals surface area (Å²) in [5.74, 6) is 0.859. The van der Waals surface area contributed by atoms with E-state index in [2.05, 4.69) is 33.2 Å². The zero-order valence-electron chi connectivity index (χ0n) is 12.3. The van der Waals surface area contributed by atoms with Crippen molar-refractivity contribution in [3.05, 3.63) is 51.0 Å². The number of nitrogens with zero attached hydrogens (tertiary/aromatic N) is 4. The van der Waals surface area contributed by atoms with E-state index < -0.39 is 0 Å². The van der Waals surface area contributed by atoms with Crippen LogP contribution in [0.15, 0.2) is 29.9 Å². The quantitative estimate of drug-likeness (QED) is 0.737. The summed E-state index contributed by atoms with van der Waals surface area (Å²) in [6.07, 6.45) is 4.94. The Hall–Kier alpha value is -1.63. The second-order valence-electron chi connectivity index (χ2n) is 5.47. The lowest BCUT2D eigenvalue weighted by Crippen LogP contribution is -2.30. The van der Waals surface area contributed by atoms with E-state index in [1.54, 1.807) is 22.7 Å². The van der Waals surface area contributed by atoms with Crippen LogP contribution in [-0.2, 0) is 19.5 Å². The first-order valence-corrected chi connectivity index (χ1v) is 9.00. The van der Waals surface area contributed by atoms with Gasteiger partial charge in [0, 0.05) is 42.3 Å². The maximum absolute atomic E-state index is 4.76. The molecule has 0 aromatic carbocycles. The third-order valence-corrected chi connectivity index (χ3v) is 5.55. The van der Waals surface area contributed by atoms with Gasteiger partial charge in [-0.1, -0.05) is 6.07 Å². The van der Waals surface area contributed by atoms with E-state index >= 15 is 0 Å². The molecule has 112 valence electrons. The highest BCUT2D eigenvalue weighted by molar-refractivity contribution is 7.13. The molecule has 0 bridgehead atoms. The van der Waals surface area contributed by atoms with Crippen LogP contribution in [0.5, 0.6) is 0 Å². The molecule has 1 aliphatic heterocycles. The van der Waals surface area contributed by atoms with Crippen LogP contribution in [0.4, 0.5) is 0 Å². The molecule has 0 radical (unpaired) electrons. The molecule has 0 fully saturated rings. The largest absolute Gasteiger partial charge is 0.292 e. The molecular formula is C16H16N4S2. The van der Waals surface area contributed by atoms with Crippen molar-refractivity contribution in [2.75, 3.05) is 6.54 Å². The van der Waals surface area contributed by atoms with Gasteiger partial charge >= 0.3 is 0 Å². The average molecular weight is 328 g/mol. The summed E-state index contributed by atoms with van der Waals surface area (Å²) in [6.45, 7) is 4.97. The van der Waals surface area contributed by atoms with Crippen LogP contribution in [0.2, 0.25) is 0 Å². The minimum atomic E-state index is 0.859. The summed E-state index contributed by atoms with van der Waals surface area (Å²) in [4.78, 5) is 18.6. The zero-order valence-corrected chi connectivity index (χ0v) is 14.0. The smallest absolute Gasteiger partial charge is 0.169 e. The fourth-order valence-electron chi connectivity index (χ4n) is 2.70. The Morgan fingerprint density at radius 3 is 3.00 bits per heavy atom. The molecule has 0 saturated carbocycles. The molecule has 6 heteroatoms. The number of thiophene rings is 1. The summed E-state index contributed by atoms with van der Waals surface area (Å²) in [5, 5.41) is 3.26. The van der Waals surface area contributed by atoms with Gasteiger partial charge in [0.05, 0.1) is 17.1 Å². The van der Waals surface area contributed by atoms with Gasteiger partial charge in [0.25, 0.3) is 0 Å². The molecule has 3 aromatic heterocycles.